The second-order valence-corrected chi connectivity index (χ2v) is 7.53. The Balaban J connectivity index is 1.29. The third-order valence-corrected chi connectivity index (χ3v) is 5.42. The topological polar surface area (TPSA) is 71.8 Å². The molecule has 7 heteroatoms. The van der Waals surface area contributed by atoms with Crippen molar-refractivity contribution in [2.45, 2.75) is 12.8 Å². The Morgan fingerprint density at radius 2 is 1.77 bits per heavy atom. The highest BCUT2D eigenvalue weighted by Crippen LogP contribution is 2.29. The number of amides is 2. The molecule has 1 aromatic heterocycles. The van der Waals surface area contributed by atoms with Gasteiger partial charge in [-0.15, -0.1) is 0 Å². The number of carbonyl (C=O) groups excluding carboxylic acids is 2. The number of furan rings is 1. The van der Waals surface area contributed by atoms with Gasteiger partial charge < -0.3 is 19.4 Å². The van der Waals surface area contributed by atoms with Gasteiger partial charge in [-0.3, -0.25) is 9.59 Å². The van der Waals surface area contributed by atoms with Crippen molar-refractivity contribution < 1.29 is 18.7 Å². The van der Waals surface area contributed by atoms with Gasteiger partial charge in [0.1, 0.15) is 17.8 Å². The van der Waals surface area contributed by atoms with Crippen LogP contribution in [0.3, 0.4) is 0 Å². The quantitative estimate of drug-likeness (QED) is 0.609. The molecule has 0 radical (unpaired) electrons. The number of benzene rings is 2. The molecule has 1 fully saturated rings. The monoisotopic (exact) mass is 424 g/mol. The number of likely N-dealkylation sites (tertiary alicyclic amines) is 1. The summed E-state index contributed by atoms with van der Waals surface area (Å²) in [5, 5.41) is 3.48. The lowest BCUT2D eigenvalue weighted by Crippen LogP contribution is -2.41. The molecule has 4 rings (SSSR count). The van der Waals surface area contributed by atoms with Crippen LogP contribution in [0, 0.1) is 5.92 Å². The largest absolute Gasteiger partial charge is 0.472 e. The fraction of sp³-hybridized carbons (Fsp3) is 0.217. The molecule has 30 heavy (non-hydrogen) atoms. The number of piperidine rings is 1. The van der Waals surface area contributed by atoms with Gasteiger partial charge in [-0.05, 0) is 55.3 Å². The van der Waals surface area contributed by atoms with E-state index in [1.165, 1.54) is 12.5 Å². The lowest BCUT2D eigenvalue weighted by atomic mass is 9.95. The number of nitrogens with zero attached hydrogens (tertiary/aromatic N) is 1. The van der Waals surface area contributed by atoms with Crippen LogP contribution in [0.2, 0.25) is 5.02 Å². The molecule has 0 spiro atoms. The molecule has 1 saturated heterocycles. The van der Waals surface area contributed by atoms with E-state index in [0.717, 1.165) is 0 Å². The van der Waals surface area contributed by atoms with E-state index >= 15 is 0 Å². The first kappa shape index (κ1) is 20.0. The van der Waals surface area contributed by atoms with Gasteiger partial charge >= 0.3 is 0 Å². The Bertz CT molecular complexity index is 1010. The Morgan fingerprint density at radius 3 is 2.43 bits per heavy atom. The number of hydrogen-bond acceptors (Lipinski definition) is 4. The average Bonchev–Trinajstić information content (AvgIpc) is 3.31. The van der Waals surface area contributed by atoms with Crippen molar-refractivity contribution in [2.75, 3.05) is 18.4 Å². The van der Waals surface area contributed by atoms with E-state index in [-0.39, 0.29) is 17.7 Å². The van der Waals surface area contributed by atoms with Gasteiger partial charge in [-0.25, -0.2) is 0 Å². The van der Waals surface area contributed by atoms with Gasteiger partial charge in [0.05, 0.1) is 16.8 Å². The summed E-state index contributed by atoms with van der Waals surface area (Å²) in [6, 6.07) is 16.1. The number of hydrogen-bond donors (Lipinski definition) is 1. The molecule has 154 valence electrons. The van der Waals surface area contributed by atoms with Gasteiger partial charge in [-0.1, -0.05) is 23.7 Å². The van der Waals surface area contributed by atoms with Gasteiger partial charge in [0.15, 0.2) is 0 Å². The molecule has 3 aromatic rings. The number of rotatable bonds is 5. The van der Waals surface area contributed by atoms with Crippen molar-refractivity contribution in [3.63, 3.8) is 0 Å². The van der Waals surface area contributed by atoms with E-state index < -0.39 is 0 Å². The van der Waals surface area contributed by atoms with Crippen molar-refractivity contribution in [3.8, 4) is 11.5 Å². The maximum atomic E-state index is 12.6. The van der Waals surface area contributed by atoms with Crippen LogP contribution in [0.5, 0.6) is 11.5 Å². The second kappa shape index (κ2) is 9.05. The molecular weight excluding hydrogens is 404 g/mol. The Kier molecular flexibility index (Phi) is 6.05. The predicted octanol–water partition coefficient (Wildman–Crippen LogP) is 5.22. The number of nitrogens with one attached hydrogen (secondary N) is 1. The van der Waals surface area contributed by atoms with E-state index in [2.05, 4.69) is 5.32 Å². The van der Waals surface area contributed by atoms with Crippen LogP contribution in [0.25, 0.3) is 0 Å². The lowest BCUT2D eigenvalue weighted by Gasteiger charge is -2.31. The van der Waals surface area contributed by atoms with Crippen LogP contribution in [0.15, 0.2) is 71.5 Å². The SMILES string of the molecule is O=C(Nc1ccc(Oc2ccccc2Cl)cc1)C1CCN(C(=O)c2ccoc2)CC1. The Morgan fingerprint density at radius 1 is 1.03 bits per heavy atom. The van der Waals surface area contributed by atoms with Crippen molar-refractivity contribution in [1.29, 1.82) is 0 Å². The fourth-order valence-electron chi connectivity index (χ4n) is 3.42. The normalized spacial score (nSPS) is 14.4. The molecule has 2 heterocycles. The fourth-order valence-corrected chi connectivity index (χ4v) is 3.59. The summed E-state index contributed by atoms with van der Waals surface area (Å²) >= 11 is 6.11. The number of anilines is 1. The summed E-state index contributed by atoms with van der Waals surface area (Å²) in [6.07, 6.45) is 4.19. The number of carbonyl (C=O) groups is 2. The predicted molar refractivity (Wildman–Crippen MR) is 114 cm³/mol. The van der Waals surface area contributed by atoms with Gasteiger partial charge in [0.25, 0.3) is 5.91 Å². The molecule has 0 unspecified atom stereocenters. The van der Waals surface area contributed by atoms with E-state index in [9.17, 15) is 9.59 Å². The summed E-state index contributed by atoms with van der Waals surface area (Å²) in [6.45, 7) is 1.10. The molecule has 0 aliphatic carbocycles. The summed E-state index contributed by atoms with van der Waals surface area (Å²) in [7, 11) is 0. The molecule has 1 N–H and O–H groups in total. The van der Waals surface area contributed by atoms with Crippen LogP contribution >= 0.6 is 11.6 Å². The first-order valence-corrected chi connectivity index (χ1v) is 10.1. The minimum absolute atomic E-state index is 0.0369. The zero-order valence-corrected chi connectivity index (χ0v) is 17.0. The summed E-state index contributed by atoms with van der Waals surface area (Å²) in [4.78, 5) is 26.7. The van der Waals surface area contributed by atoms with Crippen LogP contribution in [-0.2, 0) is 4.79 Å². The van der Waals surface area contributed by atoms with E-state index in [0.29, 0.717) is 53.7 Å². The zero-order valence-electron chi connectivity index (χ0n) is 16.2. The molecule has 2 aromatic carbocycles. The van der Waals surface area contributed by atoms with Crippen LogP contribution < -0.4 is 10.1 Å². The second-order valence-electron chi connectivity index (χ2n) is 7.12. The van der Waals surface area contributed by atoms with Crippen molar-refractivity contribution in [2.24, 2.45) is 5.92 Å². The third-order valence-electron chi connectivity index (χ3n) is 5.11. The summed E-state index contributed by atoms with van der Waals surface area (Å²) in [5.74, 6) is 0.985. The smallest absolute Gasteiger partial charge is 0.257 e. The average molecular weight is 425 g/mol. The van der Waals surface area contributed by atoms with Gasteiger partial charge in [-0.2, -0.15) is 0 Å². The van der Waals surface area contributed by atoms with Crippen molar-refractivity contribution in [1.82, 2.24) is 4.90 Å². The highest BCUT2D eigenvalue weighted by atomic mass is 35.5. The molecule has 1 aliphatic rings. The first-order chi connectivity index (χ1) is 14.6. The molecule has 0 bridgehead atoms. The maximum Gasteiger partial charge on any atom is 0.257 e. The Labute approximate surface area is 179 Å². The van der Waals surface area contributed by atoms with E-state index in [1.807, 2.05) is 12.1 Å². The molecule has 0 saturated carbocycles. The highest BCUT2D eigenvalue weighted by Gasteiger charge is 2.28. The molecule has 6 nitrogen and oxygen atoms in total. The minimum Gasteiger partial charge on any atom is -0.472 e. The Hall–Kier alpha value is -3.25. The number of para-hydroxylation sites is 1. The van der Waals surface area contributed by atoms with Crippen molar-refractivity contribution in [3.05, 3.63) is 77.7 Å². The lowest BCUT2D eigenvalue weighted by molar-refractivity contribution is -0.121. The maximum absolute atomic E-state index is 12.6. The molecule has 1 aliphatic heterocycles. The van der Waals surface area contributed by atoms with E-state index in [4.69, 9.17) is 20.8 Å². The van der Waals surface area contributed by atoms with Crippen LogP contribution in [0.1, 0.15) is 23.2 Å². The highest BCUT2D eigenvalue weighted by molar-refractivity contribution is 6.32. The number of ether oxygens (including phenoxy) is 1. The molecule has 2 amide bonds. The zero-order chi connectivity index (χ0) is 20.9. The standard InChI is InChI=1S/C23H21ClN2O4/c24-20-3-1-2-4-21(20)30-19-7-5-18(6-8-19)25-22(27)16-9-12-26(13-10-16)23(28)17-11-14-29-15-17/h1-8,11,14-16H,9-10,12-13H2,(H,25,27). The summed E-state index contributed by atoms with van der Waals surface area (Å²) < 4.78 is 10.7. The van der Waals surface area contributed by atoms with Gasteiger partial charge in [0, 0.05) is 24.7 Å². The minimum atomic E-state index is -0.127. The van der Waals surface area contributed by atoms with Crippen LogP contribution in [-0.4, -0.2) is 29.8 Å². The number of halogens is 1. The first-order valence-electron chi connectivity index (χ1n) is 9.75. The van der Waals surface area contributed by atoms with Crippen molar-refractivity contribution >= 4 is 29.1 Å². The third kappa shape index (κ3) is 4.66. The van der Waals surface area contributed by atoms with Gasteiger partial charge in [0.2, 0.25) is 5.91 Å². The summed E-state index contributed by atoms with van der Waals surface area (Å²) in [5.41, 5.74) is 1.24. The van der Waals surface area contributed by atoms with Crippen LogP contribution in [0.4, 0.5) is 5.69 Å². The van der Waals surface area contributed by atoms with E-state index in [1.54, 1.807) is 47.4 Å². The molecule has 0 atom stereocenters. The molecular formula is C23H21ClN2O4.